The van der Waals surface area contributed by atoms with E-state index in [-0.39, 0.29) is 18.3 Å². The third-order valence-electron chi connectivity index (χ3n) is 3.29. The van der Waals surface area contributed by atoms with Crippen LogP contribution in [0.25, 0.3) is 0 Å². The summed E-state index contributed by atoms with van der Waals surface area (Å²) in [6, 6.07) is 0.431. The average molecular weight is 249 g/mol. The van der Waals surface area contributed by atoms with Gasteiger partial charge in [0.1, 0.15) is 0 Å². The zero-order valence-electron chi connectivity index (χ0n) is 10.4. The van der Waals surface area contributed by atoms with Crippen molar-refractivity contribution < 1.29 is 4.79 Å². The molecular formula is C12H25ClN2O. The Labute approximate surface area is 105 Å². The Hall–Kier alpha value is -0.280. The lowest BCUT2D eigenvalue weighted by Crippen LogP contribution is -2.41. The Balaban J connectivity index is 0.00000225. The number of amides is 1. The van der Waals surface area contributed by atoms with Gasteiger partial charge in [0.05, 0.1) is 0 Å². The van der Waals surface area contributed by atoms with E-state index < -0.39 is 0 Å². The standard InChI is InChI=1S/C12H24N2O.ClH/c1-10-6-3-4-7-11(10)14-12(15)8-5-9-13-2;/h10-11,13H,3-9H2,1-2H3,(H,14,15);1H. The minimum Gasteiger partial charge on any atom is -0.353 e. The van der Waals surface area contributed by atoms with Crippen LogP contribution in [0.4, 0.5) is 0 Å². The van der Waals surface area contributed by atoms with Crippen molar-refractivity contribution in [3.63, 3.8) is 0 Å². The molecule has 0 bridgehead atoms. The van der Waals surface area contributed by atoms with Gasteiger partial charge in [-0.25, -0.2) is 0 Å². The van der Waals surface area contributed by atoms with Gasteiger partial charge in [-0.1, -0.05) is 19.8 Å². The largest absolute Gasteiger partial charge is 0.353 e. The van der Waals surface area contributed by atoms with E-state index in [0.717, 1.165) is 13.0 Å². The average Bonchev–Trinajstić information content (AvgIpc) is 2.22. The van der Waals surface area contributed by atoms with E-state index in [9.17, 15) is 4.79 Å². The number of hydrogen-bond acceptors (Lipinski definition) is 2. The fourth-order valence-corrected chi connectivity index (χ4v) is 2.24. The van der Waals surface area contributed by atoms with Gasteiger partial charge >= 0.3 is 0 Å². The van der Waals surface area contributed by atoms with Crippen LogP contribution in [-0.4, -0.2) is 25.5 Å². The number of rotatable bonds is 5. The molecule has 0 aliphatic heterocycles. The molecule has 0 aromatic rings. The molecule has 1 fully saturated rings. The van der Waals surface area contributed by atoms with E-state index in [4.69, 9.17) is 0 Å². The second-order valence-corrected chi connectivity index (χ2v) is 4.64. The van der Waals surface area contributed by atoms with Crippen molar-refractivity contribution in [2.75, 3.05) is 13.6 Å². The van der Waals surface area contributed by atoms with E-state index in [1.54, 1.807) is 0 Å². The van der Waals surface area contributed by atoms with E-state index in [1.807, 2.05) is 7.05 Å². The molecule has 2 unspecified atom stereocenters. The van der Waals surface area contributed by atoms with Crippen LogP contribution in [0.2, 0.25) is 0 Å². The summed E-state index contributed by atoms with van der Waals surface area (Å²) >= 11 is 0. The number of hydrogen-bond donors (Lipinski definition) is 2. The number of nitrogens with one attached hydrogen (secondary N) is 2. The maximum atomic E-state index is 11.6. The second kappa shape index (κ2) is 8.82. The Morgan fingerprint density at radius 1 is 1.31 bits per heavy atom. The summed E-state index contributed by atoms with van der Waals surface area (Å²) in [5, 5.41) is 6.22. The van der Waals surface area contributed by atoms with Crippen molar-refractivity contribution in [1.29, 1.82) is 0 Å². The van der Waals surface area contributed by atoms with Crippen LogP contribution in [-0.2, 0) is 4.79 Å². The molecule has 0 aromatic carbocycles. The Morgan fingerprint density at radius 3 is 2.62 bits per heavy atom. The smallest absolute Gasteiger partial charge is 0.220 e. The SMILES string of the molecule is CNCCCC(=O)NC1CCCCC1C.Cl. The Kier molecular flexibility index (Phi) is 8.67. The summed E-state index contributed by atoms with van der Waals surface area (Å²) in [4.78, 5) is 11.6. The lowest BCUT2D eigenvalue weighted by molar-refractivity contribution is -0.122. The molecule has 1 aliphatic rings. The van der Waals surface area contributed by atoms with Crippen molar-refractivity contribution >= 4 is 18.3 Å². The van der Waals surface area contributed by atoms with Gasteiger partial charge in [0.2, 0.25) is 5.91 Å². The second-order valence-electron chi connectivity index (χ2n) is 4.64. The lowest BCUT2D eigenvalue weighted by Gasteiger charge is -2.29. The fraction of sp³-hybridized carbons (Fsp3) is 0.917. The van der Waals surface area contributed by atoms with E-state index >= 15 is 0 Å². The summed E-state index contributed by atoms with van der Waals surface area (Å²) < 4.78 is 0. The molecule has 4 heteroatoms. The number of carbonyl (C=O) groups is 1. The molecule has 1 amide bonds. The minimum absolute atomic E-state index is 0. The Bertz CT molecular complexity index is 199. The number of carbonyl (C=O) groups excluding carboxylic acids is 1. The maximum Gasteiger partial charge on any atom is 0.220 e. The molecule has 1 rings (SSSR count). The highest BCUT2D eigenvalue weighted by atomic mass is 35.5. The van der Waals surface area contributed by atoms with Crippen LogP contribution in [0.15, 0.2) is 0 Å². The topological polar surface area (TPSA) is 41.1 Å². The normalized spacial score (nSPS) is 24.6. The summed E-state index contributed by atoms with van der Waals surface area (Å²) in [5.74, 6) is 0.885. The monoisotopic (exact) mass is 248 g/mol. The van der Waals surface area contributed by atoms with Crippen LogP contribution in [0.3, 0.4) is 0 Å². The van der Waals surface area contributed by atoms with Crippen molar-refractivity contribution in [2.45, 2.75) is 51.5 Å². The van der Waals surface area contributed by atoms with Crippen LogP contribution >= 0.6 is 12.4 Å². The highest BCUT2D eigenvalue weighted by Gasteiger charge is 2.22. The minimum atomic E-state index is 0. The first-order valence-corrected chi connectivity index (χ1v) is 6.18. The molecule has 1 aliphatic carbocycles. The van der Waals surface area contributed by atoms with Crippen LogP contribution < -0.4 is 10.6 Å². The van der Waals surface area contributed by atoms with Gasteiger partial charge in [-0.15, -0.1) is 12.4 Å². The summed E-state index contributed by atoms with van der Waals surface area (Å²) in [7, 11) is 1.92. The van der Waals surface area contributed by atoms with Crippen LogP contribution in [0.1, 0.15) is 45.4 Å². The van der Waals surface area contributed by atoms with Crippen molar-refractivity contribution in [1.82, 2.24) is 10.6 Å². The van der Waals surface area contributed by atoms with Crippen LogP contribution in [0.5, 0.6) is 0 Å². The molecule has 1 saturated carbocycles. The first-order chi connectivity index (χ1) is 7.24. The molecular weight excluding hydrogens is 224 g/mol. The van der Waals surface area contributed by atoms with Gasteiger partial charge < -0.3 is 10.6 Å². The quantitative estimate of drug-likeness (QED) is 0.732. The molecule has 96 valence electrons. The fourth-order valence-electron chi connectivity index (χ4n) is 2.24. The summed E-state index contributed by atoms with van der Waals surface area (Å²) in [6.45, 7) is 3.17. The molecule has 3 nitrogen and oxygen atoms in total. The molecule has 2 atom stereocenters. The van der Waals surface area contributed by atoms with Crippen LogP contribution in [0, 0.1) is 5.92 Å². The summed E-state index contributed by atoms with van der Waals surface area (Å²) in [6.07, 6.45) is 6.62. The first kappa shape index (κ1) is 15.7. The van der Waals surface area contributed by atoms with E-state index in [1.165, 1.54) is 25.7 Å². The van der Waals surface area contributed by atoms with Gasteiger partial charge in [0.25, 0.3) is 0 Å². The van der Waals surface area contributed by atoms with Gasteiger partial charge in [0.15, 0.2) is 0 Å². The zero-order chi connectivity index (χ0) is 11.1. The maximum absolute atomic E-state index is 11.6. The van der Waals surface area contributed by atoms with Gasteiger partial charge in [-0.05, 0) is 38.8 Å². The predicted octanol–water partition coefficient (Wildman–Crippen LogP) is 2.10. The first-order valence-electron chi connectivity index (χ1n) is 6.18. The molecule has 2 N–H and O–H groups in total. The van der Waals surface area contributed by atoms with Gasteiger partial charge in [-0.2, -0.15) is 0 Å². The molecule has 0 aromatic heterocycles. The lowest BCUT2D eigenvalue weighted by atomic mass is 9.86. The predicted molar refractivity (Wildman–Crippen MR) is 70.0 cm³/mol. The summed E-state index contributed by atoms with van der Waals surface area (Å²) in [5.41, 5.74) is 0. The van der Waals surface area contributed by atoms with Gasteiger partial charge in [0, 0.05) is 12.5 Å². The van der Waals surface area contributed by atoms with E-state index in [0.29, 0.717) is 18.4 Å². The molecule has 0 saturated heterocycles. The molecule has 16 heavy (non-hydrogen) atoms. The number of halogens is 1. The van der Waals surface area contributed by atoms with Crippen molar-refractivity contribution in [3.8, 4) is 0 Å². The Morgan fingerprint density at radius 2 is 2.00 bits per heavy atom. The van der Waals surface area contributed by atoms with Crippen molar-refractivity contribution in [3.05, 3.63) is 0 Å². The third-order valence-corrected chi connectivity index (χ3v) is 3.29. The highest BCUT2D eigenvalue weighted by molar-refractivity contribution is 5.85. The van der Waals surface area contributed by atoms with Gasteiger partial charge in [-0.3, -0.25) is 4.79 Å². The zero-order valence-corrected chi connectivity index (χ0v) is 11.2. The molecule has 0 radical (unpaired) electrons. The highest BCUT2D eigenvalue weighted by Crippen LogP contribution is 2.23. The molecule has 0 heterocycles. The van der Waals surface area contributed by atoms with E-state index in [2.05, 4.69) is 17.6 Å². The molecule has 0 spiro atoms. The third kappa shape index (κ3) is 5.71. The van der Waals surface area contributed by atoms with Crippen molar-refractivity contribution in [2.24, 2.45) is 5.92 Å².